The normalized spacial score (nSPS) is 11.1. The number of imidazole rings is 1. The summed E-state index contributed by atoms with van der Waals surface area (Å²) in [4.78, 5) is 34.1. The number of aromatic amines is 1. The number of ketones is 1. The lowest BCUT2D eigenvalue weighted by Crippen LogP contribution is -2.16. The molecule has 6 nitrogen and oxygen atoms in total. The molecule has 0 aliphatic heterocycles. The standard InChI is InChI=1S/C19H15N3O3/c1-22(2)12-8-7-11-9-13(19(24)25-16(11)10-12)17(23)18-20-14-5-3-4-6-15(14)21-18/h3-10H,1-2H3,(H,20,21). The summed E-state index contributed by atoms with van der Waals surface area (Å²) >= 11 is 0. The van der Waals surface area contributed by atoms with E-state index in [9.17, 15) is 9.59 Å². The number of para-hydroxylation sites is 2. The van der Waals surface area contributed by atoms with Gasteiger partial charge >= 0.3 is 5.63 Å². The van der Waals surface area contributed by atoms with Crippen molar-refractivity contribution in [1.29, 1.82) is 0 Å². The average Bonchev–Trinajstić information content (AvgIpc) is 3.04. The Morgan fingerprint density at radius 2 is 1.92 bits per heavy atom. The van der Waals surface area contributed by atoms with Crippen LogP contribution in [0, 0.1) is 0 Å². The summed E-state index contributed by atoms with van der Waals surface area (Å²) in [5.41, 5.74) is 2.06. The van der Waals surface area contributed by atoms with E-state index in [1.54, 1.807) is 18.2 Å². The van der Waals surface area contributed by atoms with E-state index in [0.29, 0.717) is 16.5 Å². The van der Waals surface area contributed by atoms with Crippen molar-refractivity contribution < 1.29 is 9.21 Å². The SMILES string of the molecule is CN(C)c1ccc2cc(C(=O)c3nc4ccccc4[nH]3)c(=O)oc2c1. The van der Waals surface area contributed by atoms with Crippen LogP contribution in [0.15, 0.2) is 57.7 Å². The number of carbonyl (C=O) groups excluding carboxylic acids is 1. The van der Waals surface area contributed by atoms with Gasteiger partial charge < -0.3 is 14.3 Å². The number of carbonyl (C=O) groups is 1. The molecule has 0 atom stereocenters. The van der Waals surface area contributed by atoms with Crippen molar-refractivity contribution in [2.24, 2.45) is 0 Å². The van der Waals surface area contributed by atoms with Gasteiger partial charge in [-0.3, -0.25) is 4.79 Å². The van der Waals surface area contributed by atoms with Crippen LogP contribution in [0.1, 0.15) is 16.2 Å². The largest absolute Gasteiger partial charge is 0.422 e. The van der Waals surface area contributed by atoms with E-state index in [1.165, 1.54) is 0 Å². The van der Waals surface area contributed by atoms with Crippen molar-refractivity contribution >= 4 is 33.5 Å². The predicted molar refractivity (Wildman–Crippen MR) is 96.3 cm³/mol. The van der Waals surface area contributed by atoms with Gasteiger partial charge in [0.05, 0.1) is 11.0 Å². The first-order chi connectivity index (χ1) is 12.0. The highest BCUT2D eigenvalue weighted by atomic mass is 16.4. The first-order valence-corrected chi connectivity index (χ1v) is 7.77. The van der Waals surface area contributed by atoms with Gasteiger partial charge in [0.25, 0.3) is 0 Å². The van der Waals surface area contributed by atoms with Gasteiger partial charge in [-0.15, -0.1) is 0 Å². The number of nitrogens with one attached hydrogen (secondary N) is 1. The second-order valence-corrected chi connectivity index (χ2v) is 6.00. The molecule has 0 aliphatic rings. The monoisotopic (exact) mass is 333 g/mol. The maximum absolute atomic E-state index is 12.7. The third-order valence-electron chi connectivity index (χ3n) is 4.09. The molecule has 0 radical (unpaired) electrons. The zero-order valence-corrected chi connectivity index (χ0v) is 13.7. The minimum absolute atomic E-state index is 0.0378. The maximum atomic E-state index is 12.7. The summed E-state index contributed by atoms with van der Waals surface area (Å²) in [6.07, 6.45) is 0. The van der Waals surface area contributed by atoms with Crippen molar-refractivity contribution in [3.63, 3.8) is 0 Å². The van der Waals surface area contributed by atoms with Crippen molar-refractivity contribution in [3.8, 4) is 0 Å². The molecule has 0 fully saturated rings. The fraction of sp³-hybridized carbons (Fsp3) is 0.105. The molecule has 6 heteroatoms. The van der Waals surface area contributed by atoms with Crippen LogP contribution in [0.3, 0.4) is 0 Å². The first kappa shape index (κ1) is 15.1. The van der Waals surface area contributed by atoms with Gasteiger partial charge in [0.15, 0.2) is 5.82 Å². The Bertz CT molecular complexity index is 1140. The third kappa shape index (κ3) is 2.57. The molecule has 0 amide bonds. The number of nitrogens with zero attached hydrogens (tertiary/aromatic N) is 2. The summed E-state index contributed by atoms with van der Waals surface area (Å²) in [5, 5.41) is 0.685. The van der Waals surface area contributed by atoms with Crippen LogP contribution in [0.2, 0.25) is 0 Å². The fourth-order valence-electron chi connectivity index (χ4n) is 2.72. The summed E-state index contributed by atoms with van der Waals surface area (Å²) < 4.78 is 5.36. The smallest absolute Gasteiger partial charge is 0.347 e. The van der Waals surface area contributed by atoms with Gasteiger partial charge in [-0.05, 0) is 30.3 Å². The molecule has 4 aromatic rings. The van der Waals surface area contributed by atoms with Crippen LogP contribution in [0.5, 0.6) is 0 Å². The van der Waals surface area contributed by atoms with Crippen LogP contribution in [-0.2, 0) is 0 Å². The highest BCUT2D eigenvalue weighted by molar-refractivity contribution is 6.08. The van der Waals surface area contributed by atoms with E-state index in [2.05, 4.69) is 9.97 Å². The van der Waals surface area contributed by atoms with E-state index in [0.717, 1.165) is 11.2 Å². The topological polar surface area (TPSA) is 79.2 Å². The molecule has 0 aliphatic carbocycles. The maximum Gasteiger partial charge on any atom is 0.347 e. The number of hydrogen-bond acceptors (Lipinski definition) is 5. The molecule has 0 spiro atoms. The van der Waals surface area contributed by atoms with Crippen LogP contribution in [0.4, 0.5) is 5.69 Å². The minimum atomic E-state index is -0.672. The molecule has 1 N–H and O–H groups in total. The van der Waals surface area contributed by atoms with Gasteiger partial charge in [0.1, 0.15) is 11.1 Å². The Balaban J connectivity index is 1.82. The molecule has 0 unspecified atom stereocenters. The van der Waals surface area contributed by atoms with Crippen molar-refractivity contribution in [1.82, 2.24) is 9.97 Å². The van der Waals surface area contributed by atoms with Crippen LogP contribution < -0.4 is 10.5 Å². The predicted octanol–water partition coefficient (Wildman–Crippen LogP) is 2.97. The summed E-state index contributed by atoms with van der Waals surface area (Å²) in [6.45, 7) is 0. The van der Waals surface area contributed by atoms with Crippen LogP contribution >= 0.6 is 0 Å². The van der Waals surface area contributed by atoms with Crippen molar-refractivity contribution in [3.05, 3.63) is 70.3 Å². The van der Waals surface area contributed by atoms with Gasteiger partial charge in [0.2, 0.25) is 5.78 Å². The zero-order valence-electron chi connectivity index (χ0n) is 13.7. The second kappa shape index (κ2) is 5.59. The Morgan fingerprint density at radius 1 is 1.12 bits per heavy atom. The van der Waals surface area contributed by atoms with E-state index < -0.39 is 11.4 Å². The number of fused-ring (bicyclic) bond motifs is 2. The minimum Gasteiger partial charge on any atom is -0.422 e. The molecule has 2 aromatic carbocycles. The zero-order chi connectivity index (χ0) is 17.6. The number of benzene rings is 2. The van der Waals surface area contributed by atoms with Crippen LogP contribution in [0.25, 0.3) is 22.0 Å². The van der Waals surface area contributed by atoms with Crippen LogP contribution in [-0.4, -0.2) is 29.8 Å². The van der Waals surface area contributed by atoms with Gasteiger partial charge in [-0.2, -0.15) is 0 Å². The molecule has 124 valence electrons. The molecular weight excluding hydrogens is 318 g/mol. The van der Waals surface area contributed by atoms with Gasteiger partial charge in [-0.25, -0.2) is 9.78 Å². The lowest BCUT2D eigenvalue weighted by Gasteiger charge is -2.12. The lowest BCUT2D eigenvalue weighted by atomic mass is 10.1. The molecular formula is C19H15N3O3. The van der Waals surface area contributed by atoms with Gasteiger partial charge in [-0.1, -0.05) is 12.1 Å². The Hall–Kier alpha value is -3.41. The summed E-state index contributed by atoms with van der Waals surface area (Å²) in [7, 11) is 3.80. The molecule has 0 saturated heterocycles. The number of H-pyrrole nitrogens is 1. The number of hydrogen-bond donors (Lipinski definition) is 1. The highest BCUT2D eigenvalue weighted by Crippen LogP contribution is 2.21. The summed E-state index contributed by atoms with van der Waals surface area (Å²) in [6, 6.07) is 14.4. The highest BCUT2D eigenvalue weighted by Gasteiger charge is 2.19. The number of rotatable bonds is 3. The van der Waals surface area contributed by atoms with Crippen molar-refractivity contribution in [2.75, 3.05) is 19.0 Å². The molecule has 0 saturated carbocycles. The van der Waals surface area contributed by atoms with E-state index >= 15 is 0 Å². The Labute approximate surface area is 142 Å². The van der Waals surface area contributed by atoms with E-state index in [-0.39, 0.29) is 11.4 Å². The van der Waals surface area contributed by atoms with E-state index in [4.69, 9.17) is 4.42 Å². The number of anilines is 1. The van der Waals surface area contributed by atoms with Gasteiger partial charge in [0, 0.05) is 31.2 Å². The first-order valence-electron chi connectivity index (χ1n) is 7.77. The second-order valence-electron chi connectivity index (χ2n) is 6.00. The van der Waals surface area contributed by atoms with Crippen molar-refractivity contribution in [2.45, 2.75) is 0 Å². The molecule has 25 heavy (non-hydrogen) atoms. The molecule has 4 rings (SSSR count). The average molecular weight is 333 g/mol. The summed E-state index contributed by atoms with van der Waals surface area (Å²) in [5.74, 6) is -0.360. The Kier molecular flexibility index (Phi) is 3.39. The quantitative estimate of drug-likeness (QED) is 0.460. The lowest BCUT2D eigenvalue weighted by molar-refractivity contribution is 0.102. The molecule has 0 bridgehead atoms. The molecule has 2 aromatic heterocycles. The molecule has 2 heterocycles. The number of aromatic nitrogens is 2. The Morgan fingerprint density at radius 3 is 2.68 bits per heavy atom. The fourth-order valence-corrected chi connectivity index (χ4v) is 2.72. The third-order valence-corrected chi connectivity index (χ3v) is 4.09. The van der Waals surface area contributed by atoms with E-state index in [1.807, 2.05) is 49.3 Å².